The van der Waals surface area contributed by atoms with E-state index in [0.717, 1.165) is 0 Å². The zero-order valence-corrected chi connectivity index (χ0v) is 13.3. The lowest BCUT2D eigenvalue weighted by atomic mass is 10.2. The van der Waals surface area contributed by atoms with Crippen molar-refractivity contribution in [1.29, 1.82) is 0 Å². The highest BCUT2D eigenvalue weighted by Crippen LogP contribution is 2.30. The largest absolute Gasteiger partial charge is 0.486 e. The summed E-state index contributed by atoms with van der Waals surface area (Å²) < 4.78 is 29.2. The van der Waals surface area contributed by atoms with Crippen LogP contribution in [0, 0.1) is 5.82 Å². The minimum atomic E-state index is -0.655. The van der Waals surface area contributed by atoms with Crippen LogP contribution < -0.4 is 14.8 Å². The molecule has 0 aromatic heterocycles. The summed E-state index contributed by atoms with van der Waals surface area (Å²) in [4.78, 5) is 23.7. The molecule has 1 heterocycles. The Bertz CT molecular complexity index is 793. The van der Waals surface area contributed by atoms with E-state index in [2.05, 4.69) is 5.32 Å². The van der Waals surface area contributed by atoms with Crippen molar-refractivity contribution >= 4 is 11.9 Å². The van der Waals surface area contributed by atoms with Crippen LogP contribution in [0.25, 0.3) is 0 Å². The average Bonchev–Trinajstić information content (AvgIpc) is 2.65. The molecule has 1 N–H and O–H groups in total. The van der Waals surface area contributed by atoms with Gasteiger partial charge in [0.2, 0.25) is 0 Å². The molecule has 0 saturated heterocycles. The monoisotopic (exact) mass is 345 g/mol. The molecule has 0 bridgehead atoms. The van der Waals surface area contributed by atoms with Gasteiger partial charge in [0, 0.05) is 12.1 Å². The Morgan fingerprint density at radius 2 is 1.84 bits per heavy atom. The molecular weight excluding hydrogens is 329 g/mol. The normalized spacial score (nSPS) is 12.4. The van der Waals surface area contributed by atoms with Gasteiger partial charge in [-0.15, -0.1) is 0 Å². The van der Waals surface area contributed by atoms with Gasteiger partial charge in [-0.25, -0.2) is 9.18 Å². The van der Waals surface area contributed by atoms with Crippen molar-refractivity contribution in [3.63, 3.8) is 0 Å². The topological polar surface area (TPSA) is 73.9 Å². The minimum absolute atomic E-state index is 0.0209. The number of halogens is 1. The summed E-state index contributed by atoms with van der Waals surface area (Å²) >= 11 is 0. The molecule has 25 heavy (non-hydrogen) atoms. The Labute approximate surface area is 143 Å². The summed E-state index contributed by atoms with van der Waals surface area (Å²) in [6.07, 6.45) is 0. The molecule has 0 saturated carbocycles. The Hall–Kier alpha value is -3.09. The van der Waals surface area contributed by atoms with Crippen LogP contribution in [0.3, 0.4) is 0 Å². The SMILES string of the molecule is O=C(COC(=O)c1ccc2c(c1)OCCO2)NCc1ccccc1F. The van der Waals surface area contributed by atoms with Crippen LogP contribution in [0.4, 0.5) is 4.39 Å². The maximum Gasteiger partial charge on any atom is 0.338 e. The number of carbonyl (C=O) groups is 2. The molecule has 1 amide bonds. The third-order valence-corrected chi connectivity index (χ3v) is 3.55. The van der Waals surface area contributed by atoms with Crippen LogP contribution in [-0.4, -0.2) is 31.7 Å². The van der Waals surface area contributed by atoms with Gasteiger partial charge in [-0.1, -0.05) is 18.2 Å². The molecular formula is C18H16FNO5. The molecule has 0 radical (unpaired) electrons. The zero-order valence-electron chi connectivity index (χ0n) is 13.3. The number of amides is 1. The highest BCUT2D eigenvalue weighted by molar-refractivity contribution is 5.92. The van der Waals surface area contributed by atoms with Crippen molar-refractivity contribution in [3.8, 4) is 11.5 Å². The second-order valence-electron chi connectivity index (χ2n) is 5.30. The van der Waals surface area contributed by atoms with Gasteiger partial charge in [0.1, 0.15) is 19.0 Å². The molecule has 0 unspecified atom stereocenters. The van der Waals surface area contributed by atoms with Crippen LogP contribution in [0.5, 0.6) is 11.5 Å². The molecule has 0 aliphatic carbocycles. The number of hydrogen-bond acceptors (Lipinski definition) is 5. The summed E-state index contributed by atoms with van der Waals surface area (Å²) in [6, 6.07) is 10.8. The molecule has 130 valence electrons. The number of rotatable bonds is 5. The third-order valence-electron chi connectivity index (χ3n) is 3.55. The lowest BCUT2D eigenvalue weighted by Gasteiger charge is -2.18. The summed E-state index contributed by atoms with van der Waals surface area (Å²) in [6.45, 7) is 0.428. The van der Waals surface area contributed by atoms with Crippen molar-refractivity contribution in [3.05, 3.63) is 59.4 Å². The number of fused-ring (bicyclic) bond motifs is 1. The predicted molar refractivity (Wildman–Crippen MR) is 86.0 cm³/mol. The molecule has 2 aromatic rings. The van der Waals surface area contributed by atoms with E-state index in [4.69, 9.17) is 14.2 Å². The Balaban J connectivity index is 1.50. The van der Waals surface area contributed by atoms with Crippen molar-refractivity contribution in [1.82, 2.24) is 5.32 Å². The first-order valence-electron chi connectivity index (χ1n) is 7.70. The quantitative estimate of drug-likeness (QED) is 0.840. The van der Waals surface area contributed by atoms with E-state index in [1.165, 1.54) is 18.2 Å². The van der Waals surface area contributed by atoms with Crippen LogP contribution in [0.2, 0.25) is 0 Å². The highest BCUT2D eigenvalue weighted by atomic mass is 19.1. The first-order valence-corrected chi connectivity index (χ1v) is 7.70. The zero-order chi connectivity index (χ0) is 17.6. The van der Waals surface area contributed by atoms with E-state index in [1.807, 2.05) is 0 Å². The summed E-state index contributed by atoms with van der Waals surface area (Å²) in [5, 5.41) is 2.50. The van der Waals surface area contributed by atoms with E-state index < -0.39 is 24.3 Å². The van der Waals surface area contributed by atoms with Gasteiger partial charge in [0.25, 0.3) is 5.91 Å². The van der Waals surface area contributed by atoms with Gasteiger partial charge in [-0.3, -0.25) is 4.79 Å². The van der Waals surface area contributed by atoms with Crippen molar-refractivity contribution < 1.29 is 28.2 Å². The minimum Gasteiger partial charge on any atom is -0.486 e. The predicted octanol–water partition coefficient (Wildman–Crippen LogP) is 2.07. The second-order valence-corrected chi connectivity index (χ2v) is 5.30. The van der Waals surface area contributed by atoms with E-state index >= 15 is 0 Å². The smallest absolute Gasteiger partial charge is 0.338 e. The molecule has 7 heteroatoms. The van der Waals surface area contributed by atoms with E-state index in [0.29, 0.717) is 30.3 Å². The number of hydrogen-bond donors (Lipinski definition) is 1. The van der Waals surface area contributed by atoms with Gasteiger partial charge in [-0.2, -0.15) is 0 Å². The molecule has 0 atom stereocenters. The van der Waals surface area contributed by atoms with Crippen molar-refractivity contribution in [2.45, 2.75) is 6.54 Å². The Kier molecular flexibility index (Phi) is 5.13. The number of nitrogens with one attached hydrogen (secondary N) is 1. The summed E-state index contributed by atoms with van der Waals surface area (Å²) in [7, 11) is 0. The fourth-order valence-corrected chi connectivity index (χ4v) is 2.27. The van der Waals surface area contributed by atoms with Gasteiger partial charge in [0.05, 0.1) is 5.56 Å². The van der Waals surface area contributed by atoms with E-state index in [-0.39, 0.29) is 12.1 Å². The standard InChI is InChI=1S/C18H16FNO5/c19-14-4-2-1-3-13(14)10-20-17(21)11-25-18(22)12-5-6-15-16(9-12)24-8-7-23-15/h1-6,9H,7-8,10-11H2,(H,20,21). The van der Waals surface area contributed by atoms with Gasteiger partial charge in [0.15, 0.2) is 18.1 Å². The van der Waals surface area contributed by atoms with Gasteiger partial charge >= 0.3 is 5.97 Å². The first kappa shape index (κ1) is 16.8. The molecule has 1 aliphatic heterocycles. The fraction of sp³-hybridized carbons (Fsp3) is 0.222. The Morgan fingerprint density at radius 3 is 2.64 bits per heavy atom. The lowest BCUT2D eigenvalue weighted by molar-refractivity contribution is -0.124. The van der Waals surface area contributed by atoms with Crippen LogP contribution in [0.1, 0.15) is 15.9 Å². The molecule has 6 nitrogen and oxygen atoms in total. The number of esters is 1. The number of ether oxygens (including phenoxy) is 3. The molecule has 0 fully saturated rings. The molecule has 2 aromatic carbocycles. The second kappa shape index (κ2) is 7.65. The highest BCUT2D eigenvalue weighted by Gasteiger charge is 2.16. The third kappa shape index (κ3) is 4.26. The van der Waals surface area contributed by atoms with E-state index in [9.17, 15) is 14.0 Å². The van der Waals surface area contributed by atoms with Crippen molar-refractivity contribution in [2.24, 2.45) is 0 Å². The van der Waals surface area contributed by atoms with Crippen LogP contribution in [-0.2, 0) is 16.1 Å². The summed E-state index contributed by atoms with van der Waals surface area (Å²) in [5.74, 6) is -0.557. The Morgan fingerprint density at radius 1 is 1.08 bits per heavy atom. The van der Waals surface area contributed by atoms with Gasteiger partial charge in [-0.05, 0) is 24.3 Å². The maximum absolute atomic E-state index is 13.5. The average molecular weight is 345 g/mol. The van der Waals surface area contributed by atoms with Crippen LogP contribution in [0.15, 0.2) is 42.5 Å². The fourth-order valence-electron chi connectivity index (χ4n) is 2.27. The molecule has 3 rings (SSSR count). The molecule has 0 spiro atoms. The van der Waals surface area contributed by atoms with Gasteiger partial charge < -0.3 is 19.5 Å². The molecule has 1 aliphatic rings. The lowest BCUT2D eigenvalue weighted by Crippen LogP contribution is -2.28. The van der Waals surface area contributed by atoms with Crippen molar-refractivity contribution in [2.75, 3.05) is 19.8 Å². The van der Waals surface area contributed by atoms with Crippen LogP contribution >= 0.6 is 0 Å². The number of carbonyl (C=O) groups excluding carboxylic acids is 2. The summed E-state index contributed by atoms with van der Waals surface area (Å²) in [5.41, 5.74) is 0.611. The maximum atomic E-state index is 13.5. The first-order chi connectivity index (χ1) is 12.1. The van der Waals surface area contributed by atoms with E-state index in [1.54, 1.807) is 24.3 Å². The number of benzene rings is 2.